The van der Waals surface area contributed by atoms with E-state index < -0.39 is 0 Å². The molecule has 0 aliphatic carbocycles. The lowest BCUT2D eigenvalue weighted by Crippen LogP contribution is -2.28. The van der Waals surface area contributed by atoms with Crippen molar-refractivity contribution in [2.45, 2.75) is 39.3 Å². The highest BCUT2D eigenvalue weighted by Gasteiger charge is 2.08. The molecule has 2 unspecified atom stereocenters. The molecular formula is C13H21NO. The van der Waals surface area contributed by atoms with Crippen LogP contribution in [0.15, 0.2) is 24.3 Å². The van der Waals surface area contributed by atoms with Gasteiger partial charge in [0.05, 0.1) is 6.10 Å². The Labute approximate surface area is 92.3 Å². The highest BCUT2D eigenvalue weighted by molar-refractivity contribution is 5.28. The third-order valence-electron chi connectivity index (χ3n) is 2.79. The van der Waals surface area contributed by atoms with E-state index in [0.717, 1.165) is 6.42 Å². The molecule has 0 heterocycles. The maximum Gasteiger partial charge on any atom is 0.0662 e. The Morgan fingerprint density at radius 3 is 2.60 bits per heavy atom. The van der Waals surface area contributed by atoms with Gasteiger partial charge < -0.3 is 10.4 Å². The van der Waals surface area contributed by atoms with Gasteiger partial charge in [-0.25, -0.2) is 0 Å². The van der Waals surface area contributed by atoms with Crippen molar-refractivity contribution in [2.75, 3.05) is 6.54 Å². The van der Waals surface area contributed by atoms with Gasteiger partial charge in [-0.3, -0.25) is 0 Å². The highest BCUT2D eigenvalue weighted by Crippen LogP contribution is 2.16. The molecular weight excluding hydrogens is 186 g/mol. The molecule has 0 radical (unpaired) electrons. The number of benzene rings is 1. The second-order valence-corrected chi connectivity index (χ2v) is 4.05. The normalized spacial score (nSPS) is 14.9. The molecule has 0 saturated heterocycles. The van der Waals surface area contributed by atoms with Crippen LogP contribution in [0.1, 0.15) is 37.4 Å². The van der Waals surface area contributed by atoms with Gasteiger partial charge in [0, 0.05) is 12.6 Å². The Bertz CT molecular complexity index is 298. The molecule has 84 valence electrons. The Hall–Kier alpha value is -0.860. The molecule has 2 atom stereocenters. The lowest BCUT2D eigenvalue weighted by molar-refractivity contribution is 0.163. The quantitative estimate of drug-likeness (QED) is 0.777. The molecule has 0 amide bonds. The van der Waals surface area contributed by atoms with E-state index in [-0.39, 0.29) is 6.10 Å². The van der Waals surface area contributed by atoms with Gasteiger partial charge in [-0.1, -0.05) is 31.2 Å². The Morgan fingerprint density at radius 1 is 1.33 bits per heavy atom. The molecule has 0 aliphatic rings. The van der Waals surface area contributed by atoms with Gasteiger partial charge in [-0.2, -0.15) is 0 Å². The summed E-state index contributed by atoms with van der Waals surface area (Å²) in [6, 6.07) is 8.64. The van der Waals surface area contributed by atoms with E-state index in [4.69, 9.17) is 0 Å². The largest absolute Gasteiger partial charge is 0.392 e. The molecule has 0 saturated carbocycles. The van der Waals surface area contributed by atoms with Crippen LogP contribution in [-0.4, -0.2) is 17.8 Å². The predicted octanol–water partition coefficient (Wildman–Crippen LogP) is 2.42. The minimum absolute atomic E-state index is 0.239. The molecule has 0 fully saturated rings. The first kappa shape index (κ1) is 12.2. The van der Waals surface area contributed by atoms with E-state index in [1.165, 1.54) is 11.1 Å². The molecule has 0 aliphatic heterocycles. The van der Waals surface area contributed by atoms with Crippen molar-refractivity contribution in [3.05, 3.63) is 35.4 Å². The predicted molar refractivity (Wildman–Crippen MR) is 63.9 cm³/mol. The van der Waals surface area contributed by atoms with Crippen LogP contribution in [0, 0.1) is 6.92 Å². The molecule has 0 aromatic heterocycles. The molecule has 0 bridgehead atoms. The lowest BCUT2D eigenvalue weighted by Gasteiger charge is -2.18. The topological polar surface area (TPSA) is 32.3 Å². The van der Waals surface area contributed by atoms with Crippen LogP contribution in [0.2, 0.25) is 0 Å². The third-order valence-corrected chi connectivity index (χ3v) is 2.79. The van der Waals surface area contributed by atoms with Crippen molar-refractivity contribution in [2.24, 2.45) is 0 Å². The zero-order valence-electron chi connectivity index (χ0n) is 9.83. The lowest BCUT2D eigenvalue weighted by atomic mass is 10.0. The van der Waals surface area contributed by atoms with Gasteiger partial charge in [0.15, 0.2) is 0 Å². The summed E-state index contributed by atoms with van der Waals surface area (Å²) in [6.07, 6.45) is 0.560. The second-order valence-electron chi connectivity index (χ2n) is 4.05. The monoisotopic (exact) mass is 207 g/mol. The van der Waals surface area contributed by atoms with E-state index in [2.05, 4.69) is 37.4 Å². The summed E-state index contributed by atoms with van der Waals surface area (Å²) in [5.74, 6) is 0. The maximum atomic E-state index is 9.46. The second kappa shape index (κ2) is 5.89. The fourth-order valence-electron chi connectivity index (χ4n) is 1.64. The first-order valence-corrected chi connectivity index (χ1v) is 5.62. The third kappa shape index (κ3) is 3.65. The molecule has 2 nitrogen and oxygen atoms in total. The SMILES string of the molecule is CCC(O)CNC(C)c1ccccc1C. The summed E-state index contributed by atoms with van der Waals surface area (Å²) >= 11 is 0. The minimum atomic E-state index is -0.239. The van der Waals surface area contributed by atoms with Gasteiger partial charge in [0.25, 0.3) is 0 Å². The first-order valence-electron chi connectivity index (χ1n) is 5.62. The van der Waals surface area contributed by atoms with E-state index in [1.54, 1.807) is 0 Å². The summed E-state index contributed by atoms with van der Waals surface area (Å²) in [7, 11) is 0. The van der Waals surface area contributed by atoms with Gasteiger partial charge >= 0.3 is 0 Å². The number of hydrogen-bond donors (Lipinski definition) is 2. The molecule has 1 aromatic carbocycles. The van der Waals surface area contributed by atoms with Crippen molar-refractivity contribution in [1.29, 1.82) is 0 Å². The van der Waals surface area contributed by atoms with Crippen molar-refractivity contribution >= 4 is 0 Å². The maximum absolute atomic E-state index is 9.46. The zero-order chi connectivity index (χ0) is 11.3. The standard InChI is InChI=1S/C13H21NO/c1-4-12(15)9-14-11(3)13-8-6-5-7-10(13)2/h5-8,11-12,14-15H,4,9H2,1-3H3. The van der Waals surface area contributed by atoms with Crippen LogP contribution < -0.4 is 5.32 Å². The van der Waals surface area contributed by atoms with Crippen molar-refractivity contribution in [1.82, 2.24) is 5.32 Å². The van der Waals surface area contributed by atoms with Gasteiger partial charge in [-0.05, 0) is 31.4 Å². The van der Waals surface area contributed by atoms with Crippen LogP contribution in [-0.2, 0) is 0 Å². The van der Waals surface area contributed by atoms with Crippen molar-refractivity contribution < 1.29 is 5.11 Å². The summed E-state index contributed by atoms with van der Waals surface area (Å²) in [4.78, 5) is 0. The summed E-state index contributed by atoms with van der Waals surface area (Å²) < 4.78 is 0. The summed E-state index contributed by atoms with van der Waals surface area (Å²) in [5.41, 5.74) is 2.60. The van der Waals surface area contributed by atoms with Crippen LogP contribution in [0.3, 0.4) is 0 Å². The average Bonchev–Trinajstić information content (AvgIpc) is 2.26. The van der Waals surface area contributed by atoms with Crippen LogP contribution in [0.4, 0.5) is 0 Å². The summed E-state index contributed by atoms with van der Waals surface area (Å²) in [6.45, 7) is 6.89. The average molecular weight is 207 g/mol. The van der Waals surface area contributed by atoms with E-state index in [9.17, 15) is 5.11 Å². The molecule has 2 N–H and O–H groups in total. The van der Waals surface area contributed by atoms with Gasteiger partial charge in [0.2, 0.25) is 0 Å². The number of rotatable bonds is 5. The number of aliphatic hydroxyl groups is 1. The van der Waals surface area contributed by atoms with E-state index in [0.29, 0.717) is 12.6 Å². The number of aliphatic hydroxyl groups excluding tert-OH is 1. The molecule has 0 spiro atoms. The number of aryl methyl sites for hydroxylation is 1. The van der Waals surface area contributed by atoms with Gasteiger partial charge in [-0.15, -0.1) is 0 Å². The Balaban J connectivity index is 2.54. The van der Waals surface area contributed by atoms with E-state index >= 15 is 0 Å². The molecule has 2 heteroatoms. The smallest absolute Gasteiger partial charge is 0.0662 e. The Kier molecular flexibility index (Phi) is 4.79. The fraction of sp³-hybridized carbons (Fsp3) is 0.538. The van der Waals surface area contributed by atoms with Crippen molar-refractivity contribution in [3.63, 3.8) is 0 Å². The van der Waals surface area contributed by atoms with E-state index in [1.807, 2.05) is 13.0 Å². The number of nitrogens with one attached hydrogen (secondary N) is 1. The van der Waals surface area contributed by atoms with Crippen LogP contribution in [0.5, 0.6) is 0 Å². The first-order chi connectivity index (χ1) is 7.15. The molecule has 15 heavy (non-hydrogen) atoms. The van der Waals surface area contributed by atoms with Gasteiger partial charge in [0.1, 0.15) is 0 Å². The minimum Gasteiger partial charge on any atom is -0.392 e. The van der Waals surface area contributed by atoms with Crippen LogP contribution >= 0.6 is 0 Å². The van der Waals surface area contributed by atoms with Crippen LogP contribution in [0.25, 0.3) is 0 Å². The highest BCUT2D eigenvalue weighted by atomic mass is 16.3. The summed E-state index contributed by atoms with van der Waals surface area (Å²) in [5, 5.41) is 12.8. The Morgan fingerprint density at radius 2 is 2.00 bits per heavy atom. The van der Waals surface area contributed by atoms with Crippen molar-refractivity contribution in [3.8, 4) is 0 Å². The molecule has 1 rings (SSSR count). The zero-order valence-corrected chi connectivity index (χ0v) is 9.83. The number of hydrogen-bond acceptors (Lipinski definition) is 2. The molecule has 1 aromatic rings. The fourth-order valence-corrected chi connectivity index (χ4v) is 1.64.